The van der Waals surface area contributed by atoms with Crippen molar-refractivity contribution in [1.29, 1.82) is 0 Å². The highest BCUT2D eigenvalue weighted by atomic mass is 32.2. The van der Waals surface area contributed by atoms with Gasteiger partial charge in [-0.05, 0) is 44.0 Å². The van der Waals surface area contributed by atoms with Gasteiger partial charge in [-0.2, -0.15) is 0 Å². The molecule has 8 heteroatoms. The van der Waals surface area contributed by atoms with E-state index in [1.807, 2.05) is 0 Å². The second-order valence-electron chi connectivity index (χ2n) is 7.53. The molecule has 0 radical (unpaired) electrons. The molecule has 1 N–H and O–H groups in total. The highest BCUT2D eigenvalue weighted by Gasteiger charge is 2.16. The largest absolute Gasteiger partial charge is 0.493 e. The molecule has 0 unspecified atom stereocenters. The van der Waals surface area contributed by atoms with Crippen molar-refractivity contribution in [2.75, 3.05) is 19.5 Å². The van der Waals surface area contributed by atoms with Gasteiger partial charge in [-0.1, -0.05) is 18.2 Å². The first-order chi connectivity index (χ1) is 14.8. The van der Waals surface area contributed by atoms with Crippen LogP contribution < -0.4 is 15.0 Å². The molecule has 0 aliphatic rings. The minimum atomic E-state index is -0.986. The molecule has 0 saturated heterocycles. The van der Waals surface area contributed by atoms with Gasteiger partial charge in [0.2, 0.25) is 0 Å². The number of aryl methyl sites for hydroxylation is 1. The second-order valence-corrected chi connectivity index (χ2v) is 8.62. The fourth-order valence-corrected chi connectivity index (χ4v) is 3.71. The molecule has 0 atom stereocenters. The number of aromatic nitrogens is 2. The van der Waals surface area contributed by atoms with E-state index in [1.54, 1.807) is 62.6 Å². The third-order valence-electron chi connectivity index (χ3n) is 4.38. The molecule has 1 heterocycles. The fraction of sp³-hybridized carbons (Fsp3) is 0.304. The number of ether oxygens (including phenoxy) is 2. The van der Waals surface area contributed by atoms with Crippen LogP contribution in [0.15, 0.2) is 64.7 Å². The molecule has 3 rings (SSSR count). The average molecular weight is 445 g/mol. The quantitative estimate of drug-likeness (QED) is 0.505. The third-order valence-corrected chi connectivity index (χ3v) is 5.35. The number of methoxy groups -OCH3 is 1. The van der Waals surface area contributed by atoms with Crippen LogP contribution in [0.1, 0.15) is 19.4 Å². The molecule has 2 aromatic carbocycles. The zero-order valence-corrected chi connectivity index (χ0v) is 18.5. The Labute approximate surface area is 184 Å². The summed E-state index contributed by atoms with van der Waals surface area (Å²) in [6.07, 6.45) is 3.63. The van der Waals surface area contributed by atoms with Crippen molar-refractivity contribution < 1.29 is 19.0 Å². The van der Waals surface area contributed by atoms with Gasteiger partial charge in [-0.25, -0.2) is 9.37 Å². The Hall–Kier alpha value is -2.84. The van der Waals surface area contributed by atoms with E-state index >= 15 is 0 Å². The molecule has 0 aliphatic carbocycles. The summed E-state index contributed by atoms with van der Waals surface area (Å²) in [4.78, 5) is 17.1. The SMILES string of the molecule is COc1cc(-n2ccnc(SCCc3ccccc3F)c2=O)ccc1OCC(C)(C)O. The molecule has 0 bridgehead atoms. The van der Waals surface area contributed by atoms with Gasteiger partial charge in [-0.15, -0.1) is 11.8 Å². The summed E-state index contributed by atoms with van der Waals surface area (Å²) in [6, 6.07) is 11.7. The number of thioether (sulfide) groups is 1. The fourth-order valence-electron chi connectivity index (χ4n) is 2.83. The molecule has 164 valence electrons. The summed E-state index contributed by atoms with van der Waals surface area (Å²) in [6.45, 7) is 3.40. The Morgan fingerprint density at radius 2 is 1.97 bits per heavy atom. The molecule has 3 aromatic rings. The maximum absolute atomic E-state index is 13.8. The third kappa shape index (κ3) is 6.08. The summed E-state index contributed by atoms with van der Waals surface area (Å²) >= 11 is 1.29. The van der Waals surface area contributed by atoms with Crippen LogP contribution in [0.2, 0.25) is 0 Å². The van der Waals surface area contributed by atoms with Gasteiger partial charge in [0.15, 0.2) is 16.5 Å². The van der Waals surface area contributed by atoms with E-state index < -0.39 is 5.60 Å². The van der Waals surface area contributed by atoms with E-state index in [-0.39, 0.29) is 18.0 Å². The first-order valence-electron chi connectivity index (χ1n) is 9.76. The monoisotopic (exact) mass is 444 g/mol. The summed E-state index contributed by atoms with van der Waals surface area (Å²) in [5.41, 5.74) is -0.0535. The highest BCUT2D eigenvalue weighted by molar-refractivity contribution is 7.99. The van der Waals surface area contributed by atoms with Crippen LogP contribution in [0.3, 0.4) is 0 Å². The van der Waals surface area contributed by atoms with E-state index in [4.69, 9.17) is 9.47 Å². The van der Waals surface area contributed by atoms with Gasteiger partial charge in [0, 0.05) is 24.2 Å². The van der Waals surface area contributed by atoms with Crippen LogP contribution in [-0.4, -0.2) is 39.7 Å². The van der Waals surface area contributed by atoms with Crippen molar-refractivity contribution >= 4 is 11.8 Å². The van der Waals surface area contributed by atoms with Gasteiger partial charge >= 0.3 is 0 Å². The molecule has 6 nitrogen and oxygen atoms in total. The van der Waals surface area contributed by atoms with Gasteiger partial charge in [0.25, 0.3) is 5.56 Å². The molecule has 0 fully saturated rings. The molecular formula is C23H25FN2O4S. The van der Waals surface area contributed by atoms with Crippen LogP contribution in [0.4, 0.5) is 4.39 Å². The maximum Gasteiger partial charge on any atom is 0.287 e. The van der Waals surface area contributed by atoms with Crippen molar-refractivity contribution in [1.82, 2.24) is 9.55 Å². The molecule has 0 aliphatic heterocycles. The summed E-state index contributed by atoms with van der Waals surface area (Å²) in [5.74, 6) is 1.19. The molecule has 1 aromatic heterocycles. The number of hydrogen-bond donors (Lipinski definition) is 1. The lowest BCUT2D eigenvalue weighted by atomic mass is 10.2. The Bertz CT molecular complexity index is 1100. The molecule has 0 amide bonds. The minimum absolute atomic E-state index is 0.0979. The molecule has 0 saturated carbocycles. The normalized spacial score (nSPS) is 11.4. The van der Waals surface area contributed by atoms with Crippen LogP contribution in [0, 0.1) is 5.82 Å². The number of halogens is 1. The zero-order valence-electron chi connectivity index (χ0n) is 17.7. The Balaban J connectivity index is 1.77. The Kier molecular flexibility index (Phi) is 7.35. The maximum atomic E-state index is 13.8. The smallest absolute Gasteiger partial charge is 0.287 e. The van der Waals surface area contributed by atoms with Crippen LogP contribution in [-0.2, 0) is 6.42 Å². The molecule has 0 spiro atoms. The van der Waals surface area contributed by atoms with Crippen molar-refractivity contribution in [2.24, 2.45) is 0 Å². The average Bonchev–Trinajstić information content (AvgIpc) is 2.74. The zero-order chi connectivity index (χ0) is 22.4. The second kappa shape index (κ2) is 9.98. The first-order valence-corrected chi connectivity index (χ1v) is 10.7. The highest BCUT2D eigenvalue weighted by Crippen LogP contribution is 2.30. The lowest BCUT2D eigenvalue weighted by Crippen LogP contribution is -2.28. The number of nitrogens with zero attached hydrogens (tertiary/aromatic N) is 2. The number of hydrogen-bond acceptors (Lipinski definition) is 6. The van der Waals surface area contributed by atoms with Gasteiger partial charge in [-0.3, -0.25) is 9.36 Å². The minimum Gasteiger partial charge on any atom is -0.493 e. The topological polar surface area (TPSA) is 73.6 Å². The van der Waals surface area contributed by atoms with E-state index in [1.165, 1.54) is 29.5 Å². The predicted octanol–water partition coefficient (Wildman–Crippen LogP) is 3.86. The van der Waals surface area contributed by atoms with Crippen molar-refractivity contribution in [3.63, 3.8) is 0 Å². The summed E-state index contributed by atoms with van der Waals surface area (Å²) in [7, 11) is 1.51. The number of benzene rings is 2. The van der Waals surface area contributed by atoms with Gasteiger partial charge < -0.3 is 14.6 Å². The molecular weight excluding hydrogens is 419 g/mol. The lowest BCUT2D eigenvalue weighted by molar-refractivity contribution is 0.0276. The van der Waals surface area contributed by atoms with E-state index in [0.29, 0.717) is 39.9 Å². The Morgan fingerprint density at radius 3 is 2.68 bits per heavy atom. The standard InChI is InChI=1S/C23H25FN2O4S/c1-23(2,28)15-30-19-9-8-17(14-20(19)29-3)26-12-11-25-21(22(26)27)31-13-10-16-6-4-5-7-18(16)24/h4-9,11-12,14,28H,10,13,15H2,1-3H3. The first kappa shape index (κ1) is 22.8. The van der Waals surface area contributed by atoms with Crippen molar-refractivity contribution in [3.05, 3.63) is 76.6 Å². The predicted molar refractivity (Wildman–Crippen MR) is 119 cm³/mol. The lowest BCUT2D eigenvalue weighted by Gasteiger charge is -2.19. The number of aliphatic hydroxyl groups is 1. The van der Waals surface area contributed by atoms with Crippen LogP contribution >= 0.6 is 11.8 Å². The summed E-state index contributed by atoms with van der Waals surface area (Å²) < 4.78 is 26.3. The van der Waals surface area contributed by atoms with Crippen LogP contribution in [0.5, 0.6) is 11.5 Å². The number of rotatable bonds is 9. The van der Waals surface area contributed by atoms with E-state index in [9.17, 15) is 14.3 Å². The van der Waals surface area contributed by atoms with Gasteiger partial charge in [0.1, 0.15) is 12.4 Å². The summed E-state index contributed by atoms with van der Waals surface area (Å²) in [5, 5.41) is 10.2. The van der Waals surface area contributed by atoms with E-state index in [0.717, 1.165) is 0 Å². The van der Waals surface area contributed by atoms with Crippen molar-refractivity contribution in [3.8, 4) is 17.2 Å². The van der Waals surface area contributed by atoms with Crippen molar-refractivity contribution in [2.45, 2.75) is 30.9 Å². The molecule has 31 heavy (non-hydrogen) atoms. The van der Waals surface area contributed by atoms with Crippen LogP contribution in [0.25, 0.3) is 5.69 Å². The van der Waals surface area contributed by atoms with Gasteiger partial charge in [0.05, 0.1) is 18.4 Å². The Morgan fingerprint density at radius 1 is 1.19 bits per heavy atom. The van der Waals surface area contributed by atoms with E-state index in [2.05, 4.69) is 4.98 Å².